The third kappa shape index (κ3) is 3.24. The standard InChI is InChI=1S/C22H21FN6O/c1-2-19-24-27-22(30-19)20-15-7-3-4-8-16(15)21(26-25-20)29-13-11-28(12-14-29)18-10-6-5-9-17(18)23/h3-10H,2,11-14H2,1H3. The monoisotopic (exact) mass is 404 g/mol. The molecule has 4 aromatic rings. The Morgan fingerprint density at radius 1 is 0.833 bits per heavy atom. The summed E-state index contributed by atoms with van der Waals surface area (Å²) in [6.45, 7) is 4.84. The Hall–Kier alpha value is -3.55. The maximum Gasteiger partial charge on any atom is 0.268 e. The first-order chi connectivity index (χ1) is 14.7. The van der Waals surface area contributed by atoms with Gasteiger partial charge in [0.05, 0.1) is 5.69 Å². The van der Waals surface area contributed by atoms with Gasteiger partial charge in [0, 0.05) is 43.4 Å². The van der Waals surface area contributed by atoms with E-state index in [2.05, 4.69) is 30.2 Å². The van der Waals surface area contributed by atoms with Crippen LogP contribution < -0.4 is 9.80 Å². The number of aromatic nitrogens is 4. The highest BCUT2D eigenvalue weighted by atomic mass is 19.1. The molecule has 1 aliphatic heterocycles. The quantitative estimate of drug-likeness (QED) is 0.513. The number of fused-ring (bicyclic) bond motifs is 1. The number of benzene rings is 2. The maximum atomic E-state index is 14.1. The summed E-state index contributed by atoms with van der Waals surface area (Å²) in [7, 11) is 0. The first kappa shape index (κ1) is 18.5. The normalized spacial score (nSPS) is 14.5. The molecule has 1 fully saturated rings. The van der Waals surface area contributed by atoms with Gasteiger partial charge in [-0.3, -0.25) is 0 Å². The number of rotatable bonds is 4. The molecule has 30 heavy (non-hydrogen) atoms. The lowest BCUT2D eigenvalue weighted by atomic mass is 10.1. The highest BCUT2D eigenvalue weighted by molar-refractivity contribution is 5.99. The summed E-state index contributed by atoms with van der Waals surface area (Å²) >= 11 is 0. The van der Waals surface area contributed by atoms with Crippen molar-refractivity contribution in [1.29, 1.82) is 0 Å². The van der Waals surface area contributed by atoms with Crippen molar-refractivity contribution in [3.05, 3.63) is 60.2 Å². The molecule has 0 bridgehead atoms. The number of nitrogens with zero attached hydrogens (tertiary/aromatic N) is 6. The summed E-state index contributed by atoms with van der Waals surface area (Å²) in [5.74, 6) is 1.58. The minimum absolute atomic E-state index is 0.188. The molecule has 1 saturated heterocycles. The number of hydrogen-bond donors (Lipinski definition) is 0. The van der Waals surface area contributed by atoms with E-state index in [1.165, 1.54) is 6.07 Å². The predicted octanol–water partition coefficient (Wildman–Crippen LogP) is 3.71. The first-order valence-electron chi connectivity index (χ1n) is 10.1. The Morgan fingerprint density at radius 2 is 1.53 bits per heavy atom. The molecule has 2 aromatic heterocycles. The average molecular weight is 404 g/mol. The number of hydrogen-bond acceptors (Lipinski definition) is 7. The molecule has 0 spiro atoms. The van der Waals surface area contributed by atoms with Crippen LogP contribution in [0.1, 0.15) is 12.8 Å². The van der Waals surface area contributed by atoms with E-state index in [1.807, 2.05) is 43.3 Å². The smallest absolute Gasteiger partial charge is 0.268 e. The Balaban J connectivity index is 1.45. The minimum Gasteiger partial charge on any atom is -0.419 e. The van der Waals surface area contributed by atoms with E-state index in [0.717, 1.165) is 29.7 Å². The zero-order valence-electron chi connectivity index (χ0n) is 16.6. The van der Waals surface area contributed by atoms with E-state index < -0.39 is 0 Å². The molecule has 8 heteroatoms. The van der Waals surface area contributed by atoms with Crippen LogP contribution in [0.4, 0.5) is 15.9 Å². The van der Waals surface area contributed by atoms with Gasteiger partial charge < -0.3 is 14.2 Å². The fourth-order valence-electron chi connectivity index (χ4n) is 3.84. The van der Waals surface area contributed by atoms with Crippen molar-refractivity contribution in [2.75, 3.05) is 36.0 Å². The second kappa shape index (κ2) is 7.70. The molecular weight excluding hydrogens is 383 g/mol. The molecule has 3 heterocycles. The zero-order chi connectivity index (χ0) is 20.5. The van der Waals surface area contributed by atoms with Crippen LogP contribution in [0.2, 0.25) is 0 Å². The summed E-state index contributed by atoms with van der Waals surface area (Å²) in [6.07, 6.45) is 0.669. The topological polar surface area (TPSA) is 71.2 Å². The van der Waals surface area contributed by atoms with E-state index in [1.54, 1.807) is 6.07 Å². The summed E-state index contributed by atoms with van der Waals surface area (Å²) in [5, 5.41) is 19.0. The molecule has 0 unspecified atom stereocenters. The van der Waals surface area contributed by atoms with Crippen LogP contribution in [0.15, 0.2) is 52.9 Å². The fourth-order valence-corrected chi connectivity index (χ4v) is 3.84. The summed E-state index contributed by atoms with van der Waals surface area (Å²) in [4.78, 5) is 4.27. The van der Waals surface area contributed by atoms with E-state index in [4.69, 9.17) is 4.42 Å². The molecule has 5 rings (SSSR count). The van der Waals surface area contributed by atoms with Crippen LogP contribution in [0.3, 0.4) is 0 Å². The number of halogens is 1. The minimum atomic E-state index is -0.188. The first-order valence-corrected chi connectivity index (χ1v) is 10.1. The number of anilines is 2. The Morgan fingerprint density at radius 3 is 2.27 bits per heavy atom. The molecule has 0 saturated carbocycles. The van der Waals surface area contributed by atoms with Gasteiger partial charge in [-0.25, -0.2) is 4.39 Å². The van der Waals surface area contributed by atoms with E-state index in [-0.39, 0.29) is 5.82 Å². The van der Waals surface area contributed by atoms with Gasteiger partial charge in [-0.15, -0.1) is 20.4 Å². The maximum absolute atomic E-state index is 14.1. The van der Waals surface area contributed by atoms with Crippen molar-refractivity contribution in [3.8, 4) is 11.6 Å². The van der Waals surface area contributed by atoms with Crippen molar-refractivity contribution in [1.82, 2.24) is 20.4 Å². The zero-order valence-corrected chi connectivity index (χ0v) is 16.6. The molecule has 0 atom stereocenters. The highest BCUT2D eigenvalue weighted by Gasteiger charge is 2.23. The van der Waals surface area contributed by atoms with Crippen LogP contribution in [0, 0.1) is 5.82 Å². The molecule has 2 aromatic carbocycles. The number of para-hydroxylation sites is 1. The summed E-state index contributed by atoms with van der Waals surface area (Å²) in [5.41, 5.74) is 1.23. The second-order valence-electron chi connectivity index (χ2n) is 7.20. The Kier molecular flexibility index (Phi) is 4.74. The van der Waals surface area contributed by atoms with Crippen molar-refractivity contribution < 1.29 is 8.81 Å². The predicted molar refractivity (Wildman–Crippen MR) is 113 cm³/mol. The molecule has 0 aliphatic carbocycles. The third-order valence-corrected chi connectivity index (χ3v) is 5.41. The summed E-state index contributed by atoms with van der Waals surface area (Å²) in [6, 6.07) is 14.9. The van der Waals surface area contributed by atoms with Gasteiger partial charge in [-0.2, -0.15) is 0 Å². The van der Waals surface area contributed by atoms with Crippen LogP contribution in [-0.2, 0) is 6.42 Å². The van der Waals surface area contributed by atoms with Crippen molar-refractivity contribution in [2.45, 2.75) is 13.3 Å². The second-order valence-corrected chi connectivity index (χ2v) is 7.20. The summed E-state index contributed by atoms with van der Waals surface area (Å²) < 4.78 is 19.8. The lowest BCUT2D eigenvalue weighted by Gasteiger charge is -2.37. The van der Waals surface area contributed by atoms with Crippen LogP contribution in [-0.4, -0.2) is 46.6 Å². The van der Waals surface area contributed by atoms with Crippen LogP contribution >= 0.6 is 0 Å². The Bertz CT molecular complexity index is 1190. The van der Waals surface area contributed by atoms with Crippen molar-refractivity contribution in [2.24, 2.45) is 0 Å². The van der Waals surface area contributed by atoms with Crippen LogP contribution in [0.25, 0.3) is 22.4 Å². The molecule has 0 amide bonds. The van der Waals surface area contributed by atoms with Gasteiger partial charge >= 0.3 is 0 Å². The Labute approximate surface area is 173 Å². The molecule has 152 valence electrons. The third-order valence-electron chi connectivity index (χ3n) is 5.41. The van der Waals surface area contributed by atoms with Gasteiger partial charge in [-0.1, -0.05) is 43.3 Å². The lowest BCUT2D eigenvalue weighted by molar-refractivity contribution is 0.511. The fraction of sp³-hybridized carbons (Fsp3) is 0.273. The van der Waals surface area contributed by atoms with Gasteiger partial charge in [-0.05, 0) is 12.1 Å². The van der Waals surface area contributed by atoms with E-state index in [0.29, 0.717) is 42.7 Å². The molecule has 0 radical (unpaired) electrons. The average Bonchev–Trinajstić information content (AvgIpc) is 3.28. The molecule has 7 nitrogen and oxygen atoms in total. The molecule has 1 aliphatic rings. The molecular formula is C22H21FN6O. The number of aryl methyl sites for hydroxylation is 1. The SMILES string of the molecule is CCc1nnc(-c2nnc(N3CCN(c4ccccc4F)CC3)c3ccccc23)o1. The number of piperazine rings is 1. The molecule has 0 N–H and O–H groups in total. The van der Waals surface area contributed by atoms with Crippen molar-refractivity contribution >= 4 is 22.3 Å². The largest absolute Gasteiger partial charge is 0.419 e. The van der Waals surface area contributed by atoms with E-state index in [9.17, 15) is 4.39 Å². The van der Waals surface area contributed by atoms with E-state index >= 15 is 0 Å². The lowest BCUT2D eigenvalue weighted by Crippen LogP contribution is -2.47. The van der Waals surface area contributed by atoms with Crippen molar-refractivity contribution in [3.63, 3.8) is 0 Å². The van der Waals surface area contributed by atoms with Gasteiger partial charge in [0.2, 0.25) is 5.89 Å². The van der Waals surface area contributed by atoms with Gasteiger partial charge in [0.25, 0.3) is 5.89 Å². The highest BCUT2D eigenvalue weighted by Crippen LogP contribution is 2.31. The van der Waals surface area contributed by atoms with Crippen LogP contribution in [0.5, 0.6) is 0 Å². The van der Waals surface area contributed by atoms with Gasteiger partial charge in [0.1, 0.15) is 5.82 Å². The van der Waals surface area contributed by atoms with Gasteiger partial charge in [0.15, 0.2) is 11.5 Å².